The number of hydrazine groups is 1. The number of nitro groups is 1. The minimum absolute atomic E-state index is 0.0482. The number of carbonyl (C=O) groups excluding carboxylic acids is 2. The van der Waals surface area contributed by atoms with Crippen LogP contribution in [0.5, 0.6) is 0 Å². The molecule has 0 radical (unpaired) electrons. The Morgan fingerprint density at radius 3 is 2.54 bits per heavy atom. The summed E-state index contributed by atoms with van der Waals surface area (Å²) < 4.78 is 0.735. The summed E-state index contributed by atoms with van der Waals surface area (Å²) in [6, 6.07) is 16.6. The fourth-order valence-corrected chi connectivity index (χ4v) is 3.63. The first-order chi connectivity index (χ1) is 13.5. The Hall–Kier alpha value is -3.85. The zero-order valence-corrected chi connectivity index (χ0v) is 15.0. The van der Waals surface area contributed by atoms with E-state index in [1.165, 1.54) is 23.5 Å². The van der Waals surface area contributed by atoms with Gasteiger partial charge in [-0.15, -0.1) is 11.3 Å². The monoisotopic (exact) mass is 392 g/mol. The Kier molecular flexibility index (Phi) is 4.42. The van der Waals surface area contributed by atoms with E-state index >= 15 is 0 Å². The molecule has 28 heavy (non-hydrogen) atoms. The van der Waals surface area contributed by atoms with Crippen molar-refractivity contribution in [2.24, 2.45) is 0 Å². The molecule has 0 saturated carbocycles. The van der Waals surface area contributed by atoms with Crippen molar-refractivity contribution in [1.82, 2.24) is 15.8 Å². The van der Waals surface area contributed by atoms with Gasteiger partial charge < -0.3 is 0 Å². The molecule has 0 spiro atoms. The molecule has 2 aromatic carbocycles. The molecule has 2 N–H and O–H groups in total. The van der Waals surface area contributed by atoms with Crippen LogP contribution in [-0.4, -0.2) is 21.7 Å². The van der Waals surface area contributed by atoms with Crippen LogP contribution >= 0.6 is 11.3 Å². The van der Waals surface area contributed by atoms with Gasteiger partial charge in [0.15, 0.2) is 0 Å². The Bertz CT molecular complexity index is 1250. The molecule has 0 atom stereocenters. The van der Waals surface area contributed by atoms with Crippen molar-refractivity contribution in [2.45, 2.75) is 0 Å². The molecule has 0 aliphatic rings. The molecule has 0 bridgehead atoms. The third kappa shape index (κ3) is 3.38. The first kappa shape index (κ1) is 17.6. The van der Waals surface area contributed by atoms with E-state index < -0.39 is 16.7 Å². The van der Waals surface area contributed by atoms with E-state index in [1.807, 2.05) is 18.2 Å². The fraction of sp³-hybridized carbons (Fsp3) is 0. The van der Waals surface area contributed by atoms with Crippen molar-refractivity contribution >= 4 is 49.8 Å². The van der Waals surface area contributed by atoms with Crippen LogP contribution in [-0.2, 0) is 0 Å². The number of non-ortho nitro benzene ring substituents is 1. The SMILES string of the molecule is O=C(NNC(=O)c1cc2cc([N+](=O)[O-])ccc2s1)c1ccc2ccccc2n1. The highest BCUT2D eigenvalue weighted by molar-refractivity contribution is 7.20. The molecular weight excluding hydrogens is 380 g/mol. The Labute approximate surface area is 161 Å². The van der Waals surface area contributed by atoms with Crippen LogP contribution in [0, 0.1) is 10.1 Å². The molecule has 138 valence electrons. The number of pyridine rings is 1. The minimum atomic E-state index is -0.546. The Morgan fingerprint density at radius 1 is 0.929 bits per heavy atom. The number of thiophene rings is 1. The van der Waals surface area contributed by atoms with E-state index in [-0.39, 0.29) is 11.4 Å². The van der Waals surface area contributed by atoms with Gasteiger partial charge in [-0.1, -0.05) is 24.3 Å². The van der Waals surface area contributed by atoms with Crippen LogP contribution < -0.4 is 10.9 Å². The summed E-state index contributed by atoms with van der Waals surface area (Å²) in [7, 11) is 0. The molecule has 0 aliphatic carbocycles. The van der Waals surface area contributed by atoms with E-state index in [0.717, 1.165) is 10.1 Å². The molecule has 0 saturated heterocycles. The third-order valence-electron chi connectivity index (χ3n) is 4.06. The van der Waals surface area contributed by atoms with E-state index in [1.54, 1.807) is 30.3 Å². The lowest BCUT2D eigenvalue weighted by molar-refractivity contribution is -0.384. The molecule has 4 rings (SSSR count). The molecule has 8 nitrogen and oxygen atoms in total. The average molecular weight is 392 g/mol. The van der Waals surface area contributed by atoms with Crippen molar-refractivity contribution in [3.63, 3.8) is 0 Å². The quantitative estimate of drug-likeness (QED) is 0.409. The molecular formula is C19H12N4O4S. The fourth-order valence-electron chi connectivity index (χ4n) is 2.69. The highest BCUT2D eigenvalue weighted by Gasteiger charge is 2.15. The van der Waals surface area contributed by atoms with E-state index in [2.05, 4.69) is 15.8 Å². The molecule has 0 aliphatic heterocycles. The predicted octanol–water partition coefficient (Wildman–Crippen LogP) is 3.43. The topological polar surface area (TPSA) is 114 Å². The highest BCUT2D eigenvalue weighted by atomic mass is 32.1. The van der Waals surface area contributed by atoms with Gasteiger partial charge in [0, 0.05) is 27.6 Å². The lowest BCUT2D eigenvalue weighted by Crippen LogP contribution is -2.41. The Balaban J connectivity index is 1.47. The van der Waals surface area contributed by atoms with Gasteiger partial charge in [0.05, 0.1) is 15.3 Å². The molecule has 9 heteroatoms. The largest absolute Gasteiger partial charge is 0.288 e. The number of benzene rings is 2. The number of rotatable bonds is 3. The van der Waals surface area contributed by atoms with Crippen molar-refractivity contribution in [3.05, 3.63) is 81.3 Å². The number of hydrogen-bond acceptors (Lipinski definition) is 6. The smallest absolute Gasteiger partial charge is 0.266 e. The van der Waals surface area contributed by atoms with Gasteiger partial charge in [-0.25, -0.2) is 4.98 Å². The summed E-state index contributed by atoms with van der Waals surface area (Å²) in [5.41, 5.74) is 5.47. The van der Waals surface area contributed by atoms with Crippen LogP contribution in [0.25, 0.3) is 21.0 Å². The number of fused-ring (bicyclic) bond motifs is 2. The maximum absolute atomic E-state index is 12.3. The first-order valence-corrected chi connectivity index (χ1v) is 8.97. The second kappa shape index (κ2) is 7.05. The van der Waals surface area contributed by atoms with Gasteiger partial charge in [0.25, 0.3) is 17.5 Å². The predicted molar refractivity (Wildman–Crippen MR) is 105 cm³/mol. The van der Waals surface area contributed by atoms with Crippen molar-refractivity contribution < 1.29 is 14.5 Å². The summed E-state index contributed by atoms with van der Waals surface area (Å²) >= 11 is 1.17. The highest BCUT2D eigenvalue weighted by Crippen LogP contribution is 2.28. The van der Waals surface area contributed by atoms with Gasteiger partial charge in [-0.05, 0) is 24.3 Å². The number of hydrogen-bond donors (Lipinski definition) is 2. The summed E-state index contributed by atoms with van der Waals surface area (Å²) in [6.45, 7) is 0. The first-order valence-electron chi connectivity index (χ1n) is 8.16. The van der Waals surface area contributed by atoms with Crippen LogP contribution in [0.4, 0.5) is 5.69 Å². The number of aromatic nitrogens is 1. The number of carbonyl (C=O) groups is 2. The normalized spacial score (nSPS) is 10.7. The molecule has 0 fully saturated rings. The second-order valence-electron chi connectivity index (χ2n) is 5.89. The van der Waals surface area contributed by atoms with Crippen LogP contribution in [0.2, 0.25) is 0 Å². The molecule has 0 unspecified atom stereocenters. The Morgan fingerprint density at radius 2 is 1.71 bits per heavy atom. The maximum Gasteiger partial charge on any atom is 0.288 e. The van der Waals surface area contributed by atoms with Crippen LogP contribution in [0.1, 0.15) is 20.2 Å². The molecule has 2 amide bonds. The summed E-state index contributed by atoms with van der Waals surface area (Å²) in [6.07, 6.45) is 0. The molecule has 2 aromatic heterocycles. The van der Waals surface area contributed by atoms with E-state index in [9.17, 15) is 19.7 Å². The van der Waals surface area contributed by atoms with Crippen LogP contribution in [0.3, 0.4) is 0 Å². The number of amides is 2. The van der Waals surface area contributed by atoms with Gasteiger partial charge >= 0.3 is 0 Å². The minimum Gasteiger partial charge on any atom is -0.266 e. The third-order valence-corrected chi connectivity index (χ3v) is 5.17. The van der Waals surface area contributed by atoms with Crippen molar-refractivity contribution in [1.29, 1.82) is 0 Å². The van der Waals surface area contributed by atoms with Crippen molar-refractivity contribution in [3.8, 4) is 0 Å². The van der Waals surface area contributed by atoms with Crippen molar-refractivity contribution in [2.75, 3.05) is 0 Å². The van der Waals surface area contributed by atoms with Gasteiger partial charge in [0.2, 0.25) is 0 Å². The second-order valence-corrected chi connectivity index (χ2v) is 6.97. The van der Waals surface area contributed by atoms with Crippen LogP contribution in [0.15, 0.2) is 60.7 Å². The summed E-state index contributed by atoms with van der Waals surface area (Å²) in [5.74, 6) is -1.06. The number of para-hydroxylation sites is 1. The number of nitrogens with one attached hydrogen (secondary N) is 2. The standard InChI is InChI=1S/C19H12N4O4S/c24-18(15-7-5-11-3-1-2-4-14(11)20-15)21-22-19(25)17-10-12-9-13(23(26)27)6-8-16(12)28-17/h1-10H,(H,21,24)(H,22,25). The lowest BCUT2D eigenvalue weighted by atomic mass is 10.2. The van der Waals surface area contributed by atoms with E-state index in [0.29, 0.717) is 15.8 Å². The van der Waals surface area contributed by atoms with Gasteiger partial charge in [-0.3, -0.25) is 30.6 Å². The molecule has 4 aromatic rings. The maximum atomic E-state index is 12.3. The summed E-state index contributed by atoms with van der Waals surface area (Å²) in [5, 5.41) is 12.4. The van der Waals surface area contributed by atoms with E-state index in [4.69, 9.17) is 0 Å². The number of nitro benzene ring substituents is 1. The van der Waals surface area contributed by atoms with Gasteiger partial charge in [-0.2, -0.15) is 0 Å². The van der Waals surface area contributed by atoms with Gasteiger partial charge in [0.1, 0.15) is 5.69 Å². The summed E-state index contributed by atoms with van der Waals surface area (Å²) in [4.78, 5) is 39.5. The zero-order valence-electron chi connectivity index (χ0n) is 14.2. The number of nitrogens with zero attached hydrogens (tertiary/aromatic N) is 2. The average Bonchev–Trinajstić information content (AvgIpc) is 3.14. The molecule has 2 heterocycles. The zero-order chi connectivity index (χ0) is 19.7. The lowest BCUT2D eigenvalue weighted by Gasteiger charge is -2.06.